The Kier molecular flexibility index (Phi) is 7.34. The molecular formula is C18H26N2O6S. The zero-order valence-corrected chi connectivity index (χ0v) is 16.4. The van der Waals surface area contributed by atoms with Crippen LogP contribution in [-0.4, -0.2) is 62.6 Å². The number of sulfonamides is 1. The molecule has 0 bridgehead atoms. The molecule has 1 aromatic carbocycles. The van der Waals surface area contributed by atoms with Crippen LogP contribution in [0.15, 0.2) is 29.2 Å². The Bertz CT molecular complexity index is 772. The predicted molar refractivity (Wildman–Crippen MR) is 99.0 cm³/mol. The lowest BCUT2D eigenvalue weighted by Crippen LogP contribution is -2.45. The van der Waals surface area contributed by atoms with Crippen LogP contribution in [0.5, 0.6) is 0 Å². The quantitative estimate of drug-likeness (QED) is 0.683. The first-order valence-electron chi connectivity index (χ1n) is 8.89. The Morgan fingerprint density at radius 3 is 2.52 bits per heavy atom. The molecule has 1 unspecified atom stereocenters. The van der Waals surface area contributed by atoms with Crippen molar-refractivity contribution in [3.8, 4) is 0 Å². The fourth-order valence-corrected chi connectivity index (χ4v) is 4.75. The molecule has 1 saturated heterocycles. The van der Waals surface area contributed by atoms with Gasteiger partial charge in [0, 0.05) is 38.8 Å². The predicted octanol–water partition coefficient (Wildman–Crippen LogP) is 1.33. The molecule has 1 aromatic rings. The Morgan fingerprint density at radius 1 is 1.30 bits per heavy atom. The summed E-state index contributed by atoms with van der Waals surface area (Å²) in [6.45, 7) is 2.82. The summed E-state index contributed by atoms with van der Waals surface area (Å²) >= 11 is 0. The van der Waals surface area contributed by atoms with Crippen LogP contribution < -0.4 is 5.32 Å². The van der Waals surface area contributed by atoms with Crippen molar-refractivity contribution in [2.75, 3.05) is 26.8 Å². The zero-order chi connectivity index (χ0) is 20.0. The van der Waals surface area contributed by atoms with Crippen LogP contribution in [-0.2, 0) is 19.6 Å². The van der Waals surface area contributed by atoms with Gasteiger partial charge in [-0.05, 0) is 38.3 Å². The first-order chi connectivity index (χ1) is 12.8. The number of rotatable bonds is 8. The second kappa shape index (κ2) is 9.29. The van der Waals surface area contributed by atoms with Gasteiger partial charge >= 0.3 is 5.97 Å². The van der Waals surface area contributed by atoms with Crippen molar-refractivity contribution < 1.29 is 27.9 Å². The van der Waals surface area contributed by atoms with E-state index in [1.807, 2.05) is 6.92 Å². The number of ether oxygens (including phenoxy) is 1. The highest BCUT2D eigenvalue weighted by Gasteiger charge is 2.34. The molecule has 0 saturated carbocycles. The third kappa shape index (κ3) is 5.27. The van der Waals surface area contributed by atoms with Gasteiger partial charge in [-0.25, -0.2) is 13.2 Å². The first kappa shape index (κ1) is 21.3. The van der Waals surface area contributed by atoms with E-state index in [0.29, 0.717) is 25.9 Å². The van der Waals surface area contributed by atoms with Gasteiger partial charge < -0.3 is 15.2 Å². The summed E-state index contributed by atoms with van der Waals surface area (Å²) in [5.41, 5.74) is -0.246. The van der Waals surface area contributed by atoms with E-state index < -0.39 is 16.0 Å². The average Bonchev–Trinajstić information content (AvgIpc) is 2.66. The van der Waals surface area contributed by atoms with Gasteiger partial charge in [-0.1, -0.05) is 12.1 Å². The maximum atomic E-state index is 12.8. The lowest BCUT2D eigenvalue weighted by Gasteiger charge is -2.31. The minimum Gasteiger partial charge on any atom is -0.478 e. The summed E-state index contributed by atoms with van der Waals surface area (Å²) in [5.74, 6) is -1.62. The van der Waals surface area contributed by atoms with E-state index >= 15 is 0 Å². The van der Waals surface area contributed by atoms with Crippen molar-refractivity contribution in [3.63, 3.8) is 0 Å². The molecule has 27 heavy (non-hydrogen) atoms. The van der Waals surface area contributed by atoms with Crippen LogP contribution in [0, 0.1) is 5.92 Å². The SMILES string of the molecule is COCCC(C)NC(=O)C1CCN(S(=O)(=O)c2ccccc2C(=O)O)CC1. The fraction of sp³-hybridized carbons (Fsp3) is 0.556. The summed E-state index contributed by atoms with van der Waals surface area (Å²) in [6.07, 6.45) is 1.51. The molecule has 0 aliphatic carbocycles. The Balaban J connectivity index is 2.01. The summed E-state index contributed by atoms with van der Waals surface area (Å²) in [7, 11) is -2.31. The van der Waals surface area contributed by atoms with Crippen LogP contribution in [0.2, 0.25) is 0 Å². The minimum absolute atomic E-state index is 0.0124. The van der Waals surface area contributed by atoms with Crippen LogP contribution in [0.25, 0.3) is 0 Å². The number of carboxylic acid groups (broad SMARTS) is 1. The molecule has 9 heteroatoms. The lowest BCUT2D eigenvalue weighted by atomic mass is 9.97. The molecule has 0 aromatic heterocycles. The number of methoxy groups -OCH3 is 1. The molecular weight excluding hydrogens is 372 g/mol. The molecule has 1 heterocycles. The number of amides is 1. The number of hydrogen-bond acceptors (Lipinski definition) is 5. The van der Waals surface area contributed by atoms with E-state index in [4.69, 9.17) is 4.74 Å². The normalized spacial score (nSPS) is 17.4. The highest BCUT2D eigenvalue weighted by molar-refractivity contribution is 7.89. The average molecular weight is 398 g/mol. The van der Waals surface area contributed by atoms with E-state index in [2.05, 4.69) is 5.32 Å². The Morgan fingerprint density at radius 2 is 1.93 bits per heavy atom. The minimum atomic E-state index is -3.92. The number of benzene rings is 1. The van der Waals surface area contributed by atoms with E-state index in [-0.39, 0.29) is 41.4 Å². The second-order valence-electron chi connectivity index (χ2n) is 6.67. The highest BCUT2D eigenvalue weighted by atomic mass is 32.2. The lowest BCUT2D eigenvalue weighted by molar-refractivity contribution is -0.126. The number of nitrogens with one attached hydrogen (secondary N) is 1. The zero-order valence-electron chi connectivity index (χ0n) is 15.6. The molecule has 2 N–H and O–H groups in total. The third-order valence-corrected chi connectivity index (χ3v) is 6.66. The van der Waals surface area contributed by atoms with Gasteiger partial charge in [-0.15, -0.1) is 0 Å². The summed E-state index contributed by atoms with van der Waals surface area (Å²) < 4.78 is 31.9. The molecule has 1 amide bonds. The van der Waals surface area contributed by atoms with Crippen molar-refractivity contribution in [1.29, 1.82) is 0 Å². The van der Waals surface area contributed by atoms with Gasteiger partial charge in [-0.2, -0.15) is 4.31 Å². The Labute approximate surface area is 159 Å². The van der Waals surface area contributed by atoms with E-state index in [1.54, 1.807) is 7.11 Å². The van der Waals surface area contributed by atoms with Crippen LogP contribution in [0.4, 0.5) is 0 Å². The number of piperidine rings is 1. The third-order valence-electron chi connectivity index (χ3n) is 4.70. The molecule has 0 radical (unpaired) electrons. The number of carbonyl (C=O) groups is 2. The Hall–Kier alpha value is -1.97. The molecule has 0 spiro atoms. The fourth-order valence-electron chi connectivity index (χ4n) is 3.09. The van der Waals surface area contributed by atoms with Crippen molar-refractivity contribution in [1.82, 2.24) is 9.62 Å². The van der Waals surface area contributed by atoms with Crippen LogP contribution in [0.1, 0.15) is 36.5 Å². The maximum absolute atomic E-state index is 12.8. The number of carbonyl (C=O) groups excluding carboxylic acids is 1. The van der Waals surface area contributed by atoms with E-state index in [9.17, 15) is 23.1 Å². The summed E-state index contributed by atoms with van der Waals surface area (Å²) in [4.78, 5) is 23.5. The van der Waals surface area contributed by atoms with E-state index in [0.717, 1.165) is 0 Å². The molecule has 1 aliphatic rings. The highest BCUT2D eigenvalue weighted by Crippen LogP contribution is 2.26. The monoisotopic (exact) mass is 398 g/mol. The number of aromatic carboxylic acids is 1. The number of hydrogen-bond donors (Lipinski definition) is 2. The molecule has 8 nitrogen and oxygen atoms in total. The molecule has 1 atom stereocenters. The second-order valence-corrected chi connectivity index (χ2v) is 8.58. The molecule has 1 fully saturated rings. The standard InChI is InChI=1S/C18H26N2O6S/c1-13(9-12-26-2)19-17(21)14-7-10-20(11-8-14)27(24,25)16-6-4-3-5-15(16)18(22)23/h3-6,13-14H,7-12H2,1-2H3,(H,19,21)(H,22,23). The van der Waals surface area contributed by atoms with Crippen molar-refractivity contribution >= 4 is 21.9 Å². The molecule has 2 rings (SSSR count). The van der Waals surface area contributed by atoms with Gasteiger partial charge in [0.1, 0.15) is 0 Å². The maximum Gasteiger partial charge on any atom is 0.337 e. The van der Waals surface area contributed by atoms with Gasteiger partial charge in [-0.3, -0.25) is 4.79 Å². The topological polar surface area (TPSA) is 113 Å². The summed E-state index contributed by atoms with van der Waals surface area (Å²) in [5, 5.41) is 12.2. The molecule has 150 valence electrons. The first-order valence-corrected chi connectivity index (χ1v) is 10.3. The van der Waals surface area contributed by atoms with E-state index in [1.165, 1.54) is 28.6 Å². The number of carboxylic acids is 1. The van der Waals surface area contributed by atoms with Crippen LogP contribution in [0.3, 0.4) is 0 Å². The van der Waals surface area contributed by atoms with Crippen molar-refractivity contribution in [2.24, 2.45) is 5.92 Å². The van der Waals surface area contributed by atoms with Gasteiger partial charge in [0.2, 0.25) is 15.9 Å². The smallest absolute Gasteiger partial charge is 0.337 e. The van der Waals surface area contributed by atoms with Crippen molar-refractivity contribution in [3.05, 3.63) is 29.8 Å². The van der Waals surface area contributed by atoms with Gasteiger partial charge in [0.05, 0.1) is 10.5 Å². The largest absolute Gasteiger partial charge is 0.478 e. The van der Waals surface area contributed by atoms with Gasteiger partial charge in [0.15, 0.2) is 0 Å². The van der Waals surface area contributed by atoms with Crippen molar-refractivity contribution in [2.45, 2.75) is 37.1 Å². The summed E-state index contributed by atoms with van der Waals surface area (Å²) in [6, 6.07) is 5.55. The molecule has 1 aliphatic heterocycles. The number of nitrogens with zero attached hydrogens (tertiary/aromatic N) is 1. The van der Waals surface area contributed by atoms with Crippen LogP contribution >= 0.6 is 0 Å². The van der Waals surface area contributed by atoms with Gasteiger partial charge in [0.25, 0.3) is 0 Å².